The van der Waals surface area contributed by atoms with Crippen LogP contribution in [0.1, 0.15) is 29.7 Å². The molecule has 0 unspecified atom stereocenters. The van der Waals surface area contributed by atoms with Gasteiger partial charge in [-0.25, -0.2) is 4.79 Å². The fraction of sp³-hybridized carbons (Fsp3) is 0.294. The first-order valence-electron chi connectivity index (χ1n) is 7.66. The Balaban J connectivity index is 1.99. The van der Waals surface area contributed by atoms with E-state index in [4.69, 9.17) is 16.0 Å². The molecule has 0 bridgehead atoms. The Morgan fingerprint density at radius 1 is 1.17 bits per heavy atom. The minimum atomic E-state index is -0.583. The lowest BCUT2D eigenvalue weighted by atomic mass is 9.94. The van der Waals surface area contributed by atoms with E-state index in [1.165, 1.54) is 0 Å². The highest BCUT2D eigenvalue weighted by Gasteiger charge is 2.23. The average molecular weight is 331 g/mol. The van der Waals surface area contributed by atoms with Gasteiger partial charge in [0.2, 0.25) is 0 Å². The van der Waals surface area contributed by atoms with Gasteiger partial charge in [0.1, 0.15) is 0 Å². The number of benzene rings is 1. The van der Waals surface area contributed by atoms with Crippen molar-refractivity contribution in [3.05, 3.63) is 67.0 Å². The van der Waals surface area contributed by atoms with Crippen LogP contribution in [0, 0.1) is 0 Å². The zero-order valence-corrected chi connectivity index (χ0v) is 13.2. The molecule has 2 heterocycles. The number of pyridine rings is 1. The summed E-state index contributed by atoms with van der Waals surface area (Å²) in [4.78, 5) is 26.9. The van der Waals surface area contributed by atoms with Crippen LogP contribution in [0.15, 0.2) is 38.3 Å². The molecule has 0 fully saturated rings. The minimum Gasteiger partial charge on any atom is -0.407 e. The third kappa shape index (κ3) is 2.32. The van der Waals surface area contributed by atoms with Gasteiger partial charge < -0.3 is 8.98 Å². The summed E-state index contributed by atoms with van der Waals surface area (Å²) in [6.45, 7) is 0.393. The Morgan fingerprint density at radius 2 is 1.96 bits per heavy atom. The number of halogens is 1. The van der Waals surface area contributed by atoms with Crippen LogP contribution in [0.3, 0.4) is 0 Å². The van der Waals surface area contributed by atoms with E-state index in [1.807, 2.05) is 24.3 Å². The molecule has 0 aliphatic heterocycles. The second-order valence-electron chi connectivity index (χ2n) is 5.83. The van der Waals surface area contributed by atoms with E-state index in [-0.39, 0.29) is 11.1 Å². The molecule has 0 amide bonds. The first kappa shape index (κ1) is 14.3. The molecule has 5 nitrogen and oxygen atoms in total. The summed E-state index contributed by atoms with van der Waals surface area (Å²) in [5.41, 5.74) is 3.25. The molecule has 0 saturated carbocycles. The van der Waals surface area contributed by atoms with Crippen LogP contribution >= 0.6 is 11.6 Å². The number of aromatic amines is 1. The molecule has 1 aliphatic carbocycles. The van der Waals surface area contributed by atoms with E-state index < -0.39 is 5.76 Å². The number of aryl methyl sites for hydroxylation is 1. The van der Waals surface area contributed by atoms with Crippen LogP contribution in [0.4, 0.5) is 0 Å². The van der Waals surface area contributed by atoms with Crippen molar-refractivity contribution in [3.63, 3.8) is 0 Å². The first-order valence-corrected chi connectivity index (χ1v) is 8.03. The van der Waals surface area contributed by atoms with Crippen LogP contribution in [-0.2, 0) is 19.4 Å². The van der Waals surface area contributed by atoms with Gasteiger partial charge >= 0.3 is 5.76 Å². The smallest absolute Gasteiger partial charge is 0.407 e. The summed E-state index contributed by atoms with van der Waals surface area (Å²) in [5.74, 6) is -0.583. The first-order chi connectivity index (χ1) is 11.1. The zero-order chi connectivity index (χ0) is 16.0. The zero-order valence-electron chi connectivity index (χ0n) is 12.4. The van der Waals surface area contributed by atoms with Crippen LogP contribution in [0.5, 0.6) is 0 Å². The highest BCUT2D eigenvalue weighted by molar-refractivity contribution is 6.31. The van der Waals surface area contributed by atoms with Crippen molar-refractivity contribution >= 4 is 22.7 Å². The summed E-state index contributed by atoms with van der Waals surface area (Å²) >= 11 is 6.24. The molecule has 118 valence electrons. The lowest BCUT2D eigenvalue weighted by molar-refractivity contribution is 0.540. The number of hydrogen-bond acceptors (Lipinski definition) is 3. The van der Waals surface area contributed by atoms with Gasteiger partial charge in [-0.05, 0) is 37.3 Å². The average Bonchev–Trinajstić information content (AvgIpc) is 2.95. The second-order valence-corrected chi connectivity index (χ2v) is 6.24. The monoisotopic (exact) mass is 330 g/mol. The van der Waals surface area contributed by atoms with E-state index in [2.05, 4.69) is 4.98 Å². The van der Waals surface area contributed by atoms with Gasteiger partial charge in [0.05, 0.1) is 6.54 Å². The molecular weight excluding hydrogens is 316 g/mol. The largest absolute Gasteiger partial charge is 0.417 e. The van der Waals surface area contributed by atoms with E-state index in [0.29, 0.717) is 17.2 Å². The molecular formula is C17H15ClN2O3. The van der Waals surface area contributed by atoms with E-state index in [1.54, 1.807) is 4.57 Å². The third-order valence-electron chi connectivity index (χ3n) is 4.43. The molecule has 23 heavy (non-hydrogen) atoms. The van der Waals surface area contributed by atoms with E-state index in [0.717, 1.165) is 42.5 Å². The molecule has 1 N–H and O–H groups in total. The van der Waals surface area contributed by atoms with Gasteiger partial charge in [-0.15, -0.1) is 0 Å². The van der Waals surface area contributed by atoms with Gasteiger partial charge in [-0.2, -0.15) is 0 Å². The molecule has 6 heteroatoms. The number of nitrogens with zero attached hydrogens (tertiary/aromatic N) is 1. The van der Waals surface area contributed by atoms with Crippen LogP contribution < -0.4 is 11.3 Å². The van der Waals surface area contributed by atoms with Gasteiger partial charge in [0, 0.05) is 16.3 Å². The summed E-state index contributed by atoms with van der Waals surface area (Å²) in [7, 11) is 0. The number of aromatic nitrogens is 2. The summed E-state index contributed by atoms with van der Waals surface area (Å²) < 4.78 is 6.95. The molecule has 0 atom stereocenters. The number of fused-ring (bicyclic) bond motifs is 3. The Kier molecular flexibility index (Phi) is 3.38. The number of nitrogens with one attached hydrogen (secondary N) is 1. The molecule has 3 aromatic rings. The maximum absolute atomic E-state index is 12.8. The quantitative estimate of drug-likeness (QED) is 0.785. The van der Waals surface area contributed by atoms with Crippen LogP contribution in [0.2, 0.25) is 5.02 Å². The molecule has 1 aliphatic rings. The van der Waals surface area contributed by atoms with Gasteiger partial charge in [-0.1, -0.05) is 29.8 Å². The van der Waals surface area contributed by atoms with E-state index >= 15 is 0 Å². The predicted molar refractivity (Wildman–Crippen MR) is 88.3 cm³/mol. The molecule has 0 saturated heterocycles. The van der Waals surface area contributed by atoms with Crippen molar-refractivity contribution in [2.75, 3.05) is 0 Å². The lowest BCUT2D eigenvalue weighted by Gasteiger charge is -2.21. The molecule has 0 radical (unpaired) electrons. The maximum atomic E-state index is 12.8. The van der Waals surface area contributed by atoms with E-state index in [9.17, 15) is 9.59 Å². The van der Waals surface area contributed by atoms with Crippen LogP contribution in [0.25, 0.3) is 11.1 Å². The summed E-state index contributed by atoms with van der Waals surface area (Å²) in [5, 5.41) is 0.629. The van der Waals surface area contributed by atoms with Crippen molar-refractivity contribution in [2.24, 2.45) is 0 Å². The number of hydrogen-bond donors (Lipinski definition) is 1. The topological polar surface area (TPSA) is 68.0 Å². The fourth-order valence-electron chi connectivity index (χ4n) is 3.34. The van der Waals surface area contributed by atoms with Gasteiger partial charge in [0.15, 0.2) is 11.1 Å². The normalized spacial score (nSPS) is 14.1. The Morgan fingerprint density at radius 3 is 2.78 bits per heavy atom. The second kappa shape index (κ2) is 5.42. The minimum absolute atomic E-state index is 0.230. The number of H-pyrrole nitrogens is 1. The SMILES string of the molecule is O=c1[nH]c2c(=O)n(Cc3ccccc3Cl)c3c(c2o1)CCCC3. The van der Waals surface area contributed by atoms with Crippen molar-refractivity contribution in [3.8, 4) is 0 Å². The Hall–Kier alpha value is -2.27. The van der Waals surface area contributed by atoms with Gasteiger partial charge in [0.25, 0.3) is 5.56 Å². The fourth-order valence-corrected chi connectivity index (χ4v) is 3.54. The van der Waals surface area contributed by atoms with Crippen molar-refractivity contribution in [2.45, 2.75) is 32.2 Å². The maximum Gasteiger partial charge on any atom is 0.417 e. The van der Waals surface area contributed by atoms with Crippen molar-refractivity contribution in [1.29, 1.82) is 0 Å². The highest BCUT2D eigenvalue weighted by Crippen LogP contribution is 2.27. The van der Waals surface area contributed by atoms with Crippen molar-refractivity contribution in [1.82, 2.24) is 9.55 Å². The predicted octanol–water partition coefficient (Wildman–Crippen LogP) is 2.86. The lowest BCUT2D eigenvalue weighted by Crippen LogP contribution is -2.28. The third-order valence-corrected chi connectivity index (χ3v) is 4.80. The highest BCUT2D eigenvalue weighted by atomic mass is 35.5. The summed E-state index contributed by atoms with van der Waals surface area (Å²) in [6.07, 6.45) is 3.67. The number of oxazole rings is 1. The molecule has 0 spiro atoms. The Bertz CT molecular complexity index is 1010. The Labute approximate surface area is 136 Å². The summed E-state index contributed by atoms with van der Waals surface area (Å²) in [6, 6.07) is 7.48. The molecule has 2 aromatic heterocycles. The standard InChI is InChI=1S/C17H15ClN2O3/c18-12-7-3-1-5-10(12)9-20-13-8-4-2-6-11(13)15-14(16(20)21)19-17(22)23-15/h1,3,5,7H,2,4,6,8-9H2,(H,19,22). The molecule has 4 rings (SSSR count). The van der Waals surface area contributed by atoms with Crippen molar-refractivity contribution < 1.29 is 4.42 Å². The van der Waals surface area contributed by atoms with Gasteiger partial charge in [-0.3, -0.25) is 9.78 Å². The number of rotatable bonds is 2. The molecule has 1 aromatic carbocycles. The van der Waals surface area contributed by atoms with Crippen LogP contribution in [-0.4, -0.2) is 9.55 Å².